The van der Waals surface area contributed by atoms with Crippen molar-refractivity contribution < 1.29 is 23.1 Å². The van der Waals surface area contributed by atoms with Crippen molar-refractivity contribution in [3.05, 3.63) is 0 Å². The van der Waals surface area contributed by atoms with Crippen molar-refractivity contribution >= 4 is 6.09 Å². The monoisotopic (exact) mass is 212 g/mol. The van der Waals surface area contributed by atoms with Gasteiger partial charge < -0.3 is 15.7 Å². The number of carboxylic acid groups (broad SMARTS) is 1. The molecular formula is C7H11F3N2O2. The second kappa shape index (κ2) is 3.64. The number of hydrogen-bond donors (Lipinski definition) is 2. The normalized spacial score (nSPS) is 28.1. The standard InChI is InChI=1S/C7H11F3N2O2/c8-7(9,10)5-3-12(6(13)14)2-4(5)1-11/h4-5H,1-3,11H2,(H,13,14)/t4-,5-/m1/s1. The molecule has 3 N–H and O–H groups in total. The maximum atomic E-state index is 12.4. The summed E-state index contributed by atoms with van der Waals surface area (Å²) in [6, 6.07) is 0. The Balaban J connectivity index is 2.73. The number of hydrogen-bond acceptors (Lipinski definition) is 2. The molecule has 7 heteroatoms. The van der Waals surface area contributed by atoms with E-state index in [9.17, 15) is 18.0 Å². The Hall–Kier alpha value is -0.980. The molecule has 1 aliphatic rings. The average Bonchev–Trinajstić information content (AvgIpc) is 2.46. The Morgan fingerprint density at radius 1 is 1.50 bits per heavy atom. The molecule has 0 aromatic rings. The first-order valence-corrected chi connectivity index (χ1v) is 4.11. The largest absolute Gasteiger partial charge is 0.465 e. The van der Waals surface area contributed by atoms with Crippen molar-refractivity contribution in [1.29, 1.82) is 0 Å². The van der Waals surface area contributed by atoms with Crippen molar-refractivity contribution in [2.45, 2.75) is 6.18 Å². The number of likely N-dealkylation sites (tertiary alicyclic amines) is 1. The van der Waals surface area contributed by atoms with Gasteiger partial charge in [0.15, 0.2) is 0 Å². The summed E-state index contributed by atoms with van der Waals surface area (Å²) >= 11 is 0. The number of carbonyl (C=O) groups is 1. The minimum atomic E-state index is -4.37. The van der Waals surface area contributed by atoms with Gasteiger partial charge in [-0.1, -0.05) is 0 Å². The maximum absolute atomic E-state index is 12.4. The van der Waals surface area contributed by atoms with Crippen LogP contribution in [0.4, 0.5) is 18.0 Å². The van der Waals surface area contributed by atoms with E-state index in [1.54, 1.807) is 0 Å². The lowest BCUT2D eigenvalue weighted by Crippen LogP contribution is -2.33. The van der Waals surface area contributed by atoms with Crippen LogP contribution in [0.2, 0.25) is 0 Å². The molecule has 0 aromatic carbocycles. The van der Waals surface area contributed by atoms with Gasteiger partial charge in [0.1, 0.15) is 0 Å². The van der Waals surface area contributed by atoms with Crippen molar-refractivity contribution in [2.75, 3.05) is 19.6 Å². The Labute approximate surface area is 78.5 Å². The molecule has 0 bridgehead atoms. The molecular weight excluding hydrogens is 201 g/mol. The lowest BCUT2D eigenvalue weighted by atomic mass is 9.96. The van der Waals surface area contributed by atoms with Crippen LogP contribution >= 0.6 is 0 Å². The first-order valence-electron chi connectivity index (χ1n) is 4.11. The van der Waals surface area contributed by atoms with Gasteiger partial charge in [-0.05, 0) is 6.54 Å². The van der Waals surface area contributed by atoms with Crippen molar-refractivity contribution in [3.63, 3.8) is 0 Å². The summed E-state index contributed by atoms with van der Waals surface area (Å²) in [5.41, 5.74) is 5.16. The highest BCUT2D eigenvalue weighted by Gasteiger charge is 2.50. The fourth-order valence-corrected chi connectivity index (χ4v) is 1.64. The van der Waals surface area contributed by atoms with Gasteiger partial charge in [0, 0.05) is 19.0 Å². The van der Waals surface area contributed by atoms with E-state index in [0.717, 1.165) is 4.90 Å². The molecule has 1 saturated heterocycles. The molecule has 14 heavy (non-hydrogen) atoms. The third-order valence-electron chi connectivity index (χ3n) is 2.43. The Bertz CT molecular complexity index is 231. The number of halogens is 3. The van der Waals surface area contributed by atoms with Crippen molar-refractivity contribution in [1.82, 2.24) is 4.90 Å². The molecule has 0 aromatic heterocycles. The van der Waals surface area contributed by atoms with E-state index in [1.807, 2.05) is 0 Å². The number of amides is 1. The van der Waals surface area contributed by atoms with Gasteiger partial charge in [0.2, 0.25) is 0 Å². The molecule has 0 aliphatic carbocycles. The van der Waals surface area contributed by atoms with Gasteiger partial charge in [0.25, 0.3) is 0 Å². The summed E-state index contributed by atoms with van der Waals surface area (Å²) in [7, 11) is 0. The third kappa shape index (κ3) is 2.09. The average molecular weight is 212 g/mol. The van der Waals surface area contributed by atoms with Crippen molar-refractivity contribution in [3.8, 4) is 0 Å². The van der Waals surface area contributed by atoms with Crippen LogP contribution in [0.15, 0.2) is 0 Å². The molecule has 0 radical (unpaired) electrons. The minimum Gasteiger partial charge on any atom is -0.465 e. The predicted molar refractivity (Wildman–Crippen MR) is 41.7 cm³/mol. The molecule has 4 nitrogen and oxygen atoms in total. The SMILES string of the molecule is NC[C@@H]1CN(C(=O)O)C[C@H]1C(F)(F)F. The van der Waals surface area contributed by atoms with Gasteiger partial charge >= 0.3 is 12.3 Å². The highest BCUT2D eigenvalue weighted by atomic mass is 19.4. The first kappa shape index (κ1) is 11.1. The predicted octanol–water partition coefficient (Wildman–Crippen LogP) is 0.733. The van der Waals surface area contributed by atoms with Crippen LogP contribution in [-0.2, 0) is 0 Å². The van der Waals surface area contributed by atoms with E-state index in [1.165, 1.54) is 0 Å². The minimum absolute atomic E-state index is 0.129. The molecule has 82 valence electrons. The highest BCUT2D eigenvalue weighted by Crippen LogP contribution is 2.36. The van der Waals surface area contributed by atoms with Gasteiger partial charge in [-0.15, -0.1) is 0 Å². The molecule has 0 spiro atoms. The van der Waals surface area contributed by atoms with Crippen LogP contribution < -0.4 is 5.73 Å². The Kier molecular flexibility index (Phi) is 2.89. The number of alkyl halides is 3. The maximum Gasteiger partial charge on any atom is 0.407 e. The quantitative estimate of drug-likeness (QED) is 0.673. The molecule has 1 fully saturated rings. The van der Waals surface area contributed by atoms with Gasteiger partial charge in [-0.25, -0.2) is 4.79 Å². The van der Waals surface area contributed by atoms with E-state index >= 15 is 0 Å². The molecule has 1 amide bonds. The second-order valence-corrected chi connectivity index (χ2v) is 3.33. The van der Waals surface area contributed by atoms with Gasteiger partial charge in [-0.2, -0.15) is 13.2 Å². The number of nitrogens with zero attached hydrogens (tertiary/aromatic N) is 1. The van der Waals surface area contributed by atoms with Crippen LogP contribution in [-0.4, -0.2) is 41.9 Å². The topological polar surface area (TPSA) is 66.6 Å². The molecule has 1 heterocycles. The smallest absolute Gasteiger partial charge is 0.407 e. The van der Waals surface area contributed by atoms with Crippen LogP contribution in [0.1, 0.15) is 0 Å². The van der Waals surface area contributed by atoms with Crippen LogP contribution in [0.5, 0.6) is 0 Å². The van der Waals surface area contributed by atoms with Crippen LogP contribution in [0.3, 0.4) is 0 Å². The molecule has 2 atom stereocenters. The number of nitrogens with two attached hydrogens (primary N) is 1. The van der Waals surface area contributed by atoms with E-state index in [2.05, 4.69) is 0 Å². The second-order valence-electron chi connectivity index (χ2n) is 3.33. The third-order valence-corrected chi connectivity index (χ3v) is 2.43. The van der Waals surface area contributed by atoms with Crippen LogP contribution in [0.25, 0.3) is 0 Å². The fourth-order valence-electron chi connectivity index (χ4n) is 1.64. The Morgan fingerprint density at radius 2 is 2.07 bits per heavy atom. The van der Waals surface area contributed by atoms with E-state index < -0.39 is 30.7 Å². The summed E-state index contributed by atoms with van der Waals surface area (Å²) in [5, 5.41) is 8.53. The molecule has 0 unspecified atom stereocenters. The Morgan fingerprint density at radius 3 is 2.36 bits per heavy atom. The number of rotatable bonds is 1. The molecule has 0 saturated carbocycles. The summed E-state index contributed by atoms with van der Waals surface area (Å²) in [6.07, 6.45) is -5.69. The van der Waals surface area contributed by atoms with E-state index in [-0.39, 0.29) is 13.1 Å². The highest BCUT2D eigenvalue weighted by molar-refractivity contribution is 5.65. The first-order chi connectivity index (χ1) is 6.36. The van der Waals surface area contributed by atoms with E-state index in [0.29, 0.717) is 0 Å². The fraction of sp³-hybridized carbons (Fsp3) is 0.857. The lowest BCUT2D eigenvalue weighted by Gasteiger charge is -2.18. The van der Waals surface area contributed by atoms with E-state index in [4.69, 9.17) is 10.8 Å². The molecule has 1 aliphatic heterocycles. The van der Waals surface area contributed by atoms with Crippen LogP contribution in [0, 0.1) is 11.8 Å². The van der Waals surface area contributed by atoms with Gasteiger partial charge in [0.05, 0.1) is 5.92 Å². The zero-order chi connectivity index (χ0) is 10.9. The zero-order valence-corrected chi connectivity index (χ0v) is 7.29. The summed E-state index contributed by atoms with van der Waals surface area (Å²) in [4.78, 5) is 11.2. The van der Waals surface area contributed by atoms with Crippen molar-refractivity contribution in [2.24, 2.45) is 17.6 Å². The lowest BCUT2D eigenvalue weighted by molar-refractivity contribution is -0.179. The van der Waals surface area contributed by atoms with Gasteiger partial charge in [-0.3, -0.25) is 0 Å². The molecule has 1 rings (SSSR count). The zero-order valence-electron chi connectivity index (χ0n) is 7.29. The summed E-state index contributed by atoms with van der Waals surface area (Å²) in [6.45, 7) is -0.773. The summed E-state index contributed by atoms with van der Waals surface area (Å²) in [5.74, 6) is -2.44. The summed E-state index contributed by atoms with van der Waals surface area (Å²) < 4.78 is 37.1.